The lowest BCUT2D eigenvalue weighted by atomic mass is 10.3. The molecule has 0 spiro atoms. The maximum atomic E-state index is 13.7. The SMILES string of the molecule is COc1cc2c(cc1F)nc(CCCl)n2CCSC. The zero-order chi connectivity index (χ0) is 13.8. The van der Waals surface area contributed by atoms with Crippen molar-refractivity contribution < 1.29 is 9.13 Å². The van der Waals surface area contributed by atoms with E-state index < -0.39 is 0 Å². The number of nitrogens with zero attached hydrogens (tertiary/aromatic N) is 2. The monoisotopic (exact) mass is 302 g/mol. The predicted octanol–water partition coefficient (Wildman–Crippen LogP) is 3.33. The molecule has 0 aliphatic carbocycles. The molecule has 0 atom stereocenters. The maximum Gasteiger partial charge on any atom is 0.167 e. The summed E-state index contributed by atoms with van der Waals surface area (Å²) in [6, 6.07) is 3.12. The fourth-order valence-corrected chi connectivity index (χ4v) is 2.57. The number of methoxy groups -OCH3 is 1. The van der Waals surface area contributed by atoms with E-state index in [1.165, 1.54) is 13.2 Å². The molecule has 0 unspecified atom stereocenters. The van der Waals surface area contributed by atoms with Crippen LogP contribution in [0, 0.1) is 5.82 Å². The summed E-state index contributed by atoms with van der Waals surface area (Å²) in [4.78, 5) is 4.47. The molecule has 0 amide bonds. The van der Waals surface area contributed by atoms with Crippen LogP contribution in [0.25, 0.3) is 11.0 Å². The molecule has 1 aromatic carbocycles. The normalized spacial score (nSPS) is 11.2. The van der Waals surface area contributed by atoms with E-state index in [1.807, 2.05) is 0 Å². The number of hydrogen-bond acceptors (Lipinski definition) is 3. The molecule has 2 rings (SSSR count). The molecule has 1 aromatic heterocycles. The smallest absolute Gasteiger partial charge is 0.167 e. The average Bonchev–Trinajstić information content (AvgIpc) is 2.72. The summed E-state index contributed by atoms with van der Waals surface area (Å²) < 4.78 is 20.8. The zero-order valence-electron chi connectivity index (χ0n) is 10.9. The van der Waals surface area contributed by atoms with Gasteiger partial charge in [-0.15, -0.1) is 11.6 Å². The third-order valence-electron chi connectivity index (χ3n) is 2.94. The number of thioether (sulfide) groups is 1. The molecule has 0 aliphatic rings. The third kappa shape index (κ3) is 2.98. The summed E-state index contributed by atoms with van der Waals surface area (Å²) >= 11 is 7.56. The van der Waals surface area contributed by atoms with E-state index in [0.29, 0.717) is 17.8 Å². The van der Waals surface area contributed by atoms with Crippen LogP contribution in [0.1, 0.15) is 5.82 Å². The Bertz CT molecular complexity index is 573. The van der Waals surface area contributed by atoms with Crippen molar-refractivity contribution in [2.45, 2.75) is 13.0 Å². The fraction of sp³-hybridized carbons (Fsp3) is 0.462. The van der Waals surface area contributed by atoms with Gasteiger partial charge >= 0.3 is 0 Å². The molecule has 2 aromatic rings. The summed E-state index contributed by atoms with van der Waals surface area (Å²) in [7, 11) is 1.46. The zero-order valence-corrected chi connectivity index (χ0v) is 12.5. The van der Waals surface area contributed by atoms with Gasteiger partial charge in [-0.3, -0.25) is 0 Å². The molecule has 0 fully saturated rings. The molecular weight excluding hydrogens is 287 g/mol. The summed E-state index contributed by atoms with van der Waals surface area (Å²) in [6.07, 6.45) is 2.73. The summed E-state index contributed by atoms with van der Waals surface area (Å²) in [5.41, 5.74) is 1.55. The number of aryl methyl sites for hydroxylation is 2. The van der Waals surface area contributed by atoms with Crippen molar-refractivity contribution in [1.29, 1.82) is 0 Å². The molecule has 0 saturated heterocycles. The molecule has 19 heavy (non-hydrogen) atoms. The van der Waals surface area contributed by atoms with Gasteiger partial charge in [-0.1, -0.05) is 0 Å². The van der Waals surface area contributed by atoms with Gasteiger partial charge in [0.05, 0.1) is 18.1 Å². The molecule has 0 N–H and O–H groups in total. The summed E-state index contributed by atoms with van der Waals surface area (Å²) in [6.45, 7) is 0.832. The number of rotatable bonds is 6. The van der Waals surface area contributed by atoms with Crippen LogP contribution < -0.4 is 4.74 Å². The number of hydrogen-bond donors (Lipinski definition) is 0. The van der Waals surface area contributed by atoms with Crippen molar-refractivity contribution in [3.8, 4) is 5.75 Å². The fourth-order valence-electron chi connectivity index (χ4n) is 2.04. The number of fused-ring (bicyclic) bond motifs is 1. The van der Waals surface area contributed by atoms with Gasteiger partial charge in [0, 0.05) is 36.7 Å². The van der Waals surface area contributed by atoms with Gasteiger partial charge in [0.15, 0.2) is 11.6 Å². The lowest BCUT2D eigenvalue weighted by molar-refractivity contribution is 0.387. The predicted molar refractivity (Wildman–Crippen MR) is 79.0 cm³/mol. The standard InChI is InChI=1S/C13H16ClFN2OS/c1-18-12-8-11-10(7-9(12)15)16-13(3-4-14)17(11)5-6-19-2/h7-8H,3-6H2,1-2H3. The Morgan fingerprint density at radius 1 is 1.47 bits per heavy atom. The van der Waals surface area contributed by atoms with Crippen LogP contribution in [-0.4, -0.2) is 34.5 Å². The number of imidazole rings is 1. The Labute approximate surface area is 121 Å². The van der Waals surface area contributed by atoms with Crippen LogP contribution in [0.3, 0.4) is 0 Å². The van der Waals surface area contributed by atoms with E-state index >= 15 is 0 Å². The molecule has 0 saturated carbocycles. The third-order valence-corrected chi connectivity index (χ3v) is 3.72. The number of aromatic nitrogens is 2. The van der Waals surface area contributed by atoms with Crippen molar-refractivity contribution in [2.24, 2.45) is 0 Å². The minimum atomic E-state index is -0.387. The van der Waals surface area contributed by atoms with Crippen molar-refractivity contribution in [3.63, 3.8) is 0 Å². The molecule has 0 radical (unpaired) electrons. The second-order valence-electron chi connectivity index (χ2n) is 4.09. The molecule has 1 heterocycles. The Morgan fingerprint density at radius 3 is 2.89 bits per heavy atom. The quantitative estimate of drug-likeness (QED) is 0.766. The average molecular weight is 303 g/mol. The highest BCUT2D eigenvalue weighted by molar-refractivity contribution is 7.98. The van der Waals surface area contributed by atoms with E-state index in [1.54, 1.807) is 17.8 Å². The number of benzene rings is 1. The van der Waals surface area contributed by atoms with Crippen LogP contribution in [0.15, 0.2) is 12.1 Å². The molecular formula is C13H16ClFN2OS. The Kier molecular flexibility index (Phi) is 4.93. The minimum absolute atomic E-state index is 0.246. The van der Waals surface area contributed by atoms with Gasteiger partial charge in [-0.2, -0.15) is 11.8 Å². The van der Waals surface area contributed by atoms with Gasteiger partial charge in [-0.25, -0.2) is 9.37 Å². The van der Waals surface area contributed by atoms with E-state index in [0.717, 1.165) is 23.6 Å². The minimum Gasteiger partial charge on any atom is -0.494 e. The van der Waals surface area contributed by atoms with Gasteiger partial charge < -0.3 is 9.30 Å². The van der Waals surface area contributed by atoms with Crippen LogP contribution in [0.5, 0.6) is 5.75 Å². The number of alkyl halides is 1. The van der Waals surface area contributed by atoms with Crippen LogP contribution in [-0.2, 0) is 13.0 Å². The second kappa shape index (κ2) is 6.48. The number of halogens is 2. The second-order valence-corrected chi connectivity index (χ2v) is 5.45. The molecule has 3 nitrogen and oxygen atoms in total. The maximum absolute atomic E-state index is 13.7. The molecule has 0 bridgehead atoms. The first-order valence-electron chi connectivity index (χ1n) is 5.98. The van der Waals surface area contributed by atoms with Crippen LogP contribution >= 0.6 is 23.4 Å². The van der Waals surface area contributed by atoms with Crippen LogP contribution in [0.2, 0.25) is 0 Å². The van der Waals surface area contributed by atoms with Crippen LogP contribution in [0.4, 0.5) is 4.39 Å². The lowest BCUT2D eigenvalue weighted by Gasteiger charge is -2.08. The largest absolute Gasteiger partial charge is 0.494 e. The number of ether oxygens (including phenoxy) is 1. The van der Waals surface area contributed by atoms with E-state index in [2.05, 4.69) is 15.8 Å². The Morgan fingerprint density at radius 2 is 2.26 bits per heavy atom. The van der Waals surface area contributed by atoms with Gasteiger partial charge in [0.1, 0.15) is 5.82 Å². The van der Waals surface area contributed by atoms with Gasteiger partial charge in [0.2, 0.25) is 0 Å². The highest BCUT2D eigenvalue weighted by Gasteiger charge is 2.14. The van der Waals surface area contributed by atoms with E-state index in [4.69, 9.17) is 16.3 Å². The first-order valence-corrected chi connectivity index (χ1v) is 7.91. The van der Waals surface area contributed by atoms with Crippen molar-refractivity contribution >= 4 is 34.4 Å². The highest BCUT2D eigenvalue weighted by Crippen LogP contribution is 2.26. The summed E-state index contributed by atoms with van der Waals surface area (Å²) in [5, 5.41) is 0. The topological polar surface area (TPSA) is 27.1 Å². The van der Waals surface area contributed by atoms with Gasteiger partial charge in [-0.05, 0) is 6.26 Å². The van der Waals surface area contributed by atoms with Crippen molar-refractivity contribution in [2.75, 3.05) is 25.0 Å². The van der Waals surface area contributed by atoms with Crippen molar-refractivity contribution in [1.82, 2.24) is 9.55 Å². The first-order chi connectivity index (χ1) is 9.21. The highest BCUT2D eigenvalue weighted by atomic mass is 35.5. The van der Waals surface area contributed by atoms with E-state index in [9.17, 15) is 4.39 Å². The molecule has 0 aliphatic heterocycles. The Balaban J connectivity index is 2.54. The summed E-state index contributed by atoms with van der Waals surface area (Å²) in [5.74, 6) is 2.23. The molecule has 6 heteroatoms. The Hall–Kier alpha value is -0.940. The first kappa shape index (κ1) is 14.5. The van der Waals surface area contributed by atoms with Crippen molar-refractivity contribution in [3.05, 3.63) is 23.8 Å². The van der Waals surface area contributed by atoms with E-state index in [-0.39, 0.29) is 11.6 Å². The lowest BCUT2D eigenvalue weighted by Crippen LogP contribution is -2.06. The molecule has 104 valence electrons. The van der Waals surface area contributed by atoms with Gasteiger partial charge in [0.25, 0.3) is 0 Å².